The number of hydrogen-bond acceptors (Lipinski definition) is 2. The van der Waals surface area contributed by atoms with Crippen molar-refractivity contribution >= 4 is 0 Å². The third-order valence-corrected chi connectivity index (χ3v) is 4.04. The van der Waals surface area contributed by atoms with Gasteiger partial charge >= 0.3 is 0 Å². The van der Waals surface area contributed by atoms with Gasteiger partial charge in [0.2, 0.25) is 0 Å². The van der Waals surface area contributed by atoms with E-state index >= 15 is 0 Å². The van der Waals surface area contributed by atoms with Crippen molar-refractivity contribution in [2.75, 3.05) is 13.1 Å². The van der Waals surface area contributed by atoms with E-state index < -0.39 is 0 Å². The molecular formula is C14H20N2. The zero-order chi connectivity index (χ0) is 11.0. The molecule has 2 heteroatoms. The fourth-order valence-electron chi connectivity index (χ4n) is 3.17. The first kappa shape index (κ1) is 10.3. The van der Waals surface area contributed by atoms with Gasteiger partial charge < -0.3 is 5.73 Å². The summed E-state index contributed by atoms with van der Waals surface area (Å²) in [6.45, 7) is 2.34. The third-order valence-electron chi connectivity index (χ3n) is 4.04. The predicted octanol–water partition coefficient (Wildman–Crippen LogP) is 1.58. The van der Waals surface area contributed by atoms with E-state index in [1.807, 2.05) is 0 Å². The van der Waals surface area contributed by atoms with Crippen LogP contribution in [0, 0.1) is 0 Å². The van der Waals surface area contributed by atoms with E-state index in [2.05, 4.69) is 29.2 Å². The van der Waals surface area contributed by atoms with E-state index in [1.54, 1.807) is 11.1 Å². The second-order valence-electron chi connectivity index (χ2n) is 5.23. The molecule has 1 saturated heterocycles. The molecule has 0 saturated carbocycles. The van der Waals surface area contributed by atoms with Crippen LogP contribution in [-0.2, 0) is 12.8 Å². The highest BCUT2D eigenvalue weighted by Gasteiger charge is 2.29. The van der Waals surface area contributed by atoms with Crippen molar-refractivity contribution in [1.82, 2.24) is 4.90 Å². The standard InChI is InChI=1S/C14H20N2/c15-13-6-3-7-16(10-13)14-8-11-4-1-2-5-12(11)9-14/h1-2,4-5,13-14H,3,6-10,15H2/t13-/m1/s1. The van der Waals surface area contributed by atoms with Gasteiger partial charge in [-0.05, 0) is 43.4 Å². The van der Waals surface area contributed by atoms with Crippen molar-refractivity contribution in [1.29, 1.82) is 0 Å². The zero-order valence-electron chi connectivity index (χ0n) is 9.73. The quantitative estimate of drug-likeness (QED) is 0.772. The molecule has 0 amide bonds. The topological polar surface area (TPSA) is 29.3 Å². The normalized spacial score (nSPS) is 26.9. The molecule has 1 aromatic carbocycles. The summed E-state index contributed by atoms with van der Waals surface area (Å²) in [5.74, 6) is 0. The van der Waals surface area contributed by atoms with E-state index in [-0.39, 0.29) is 0 Å². The van der Waals surface area contributed by atoms with Crippen LogP contribution in [0.15, 0.2) is 24.3 Å². The second kappa shape index (κ2) is 4.19. The fourth-order valence-corrected chi connectivity index (χ4v) is 3.17. The van der Waals surface area contributed by atoms with Crippen molar-refractivity contribution in [3.8, 4) is 0 Å². The SMILES string of the molecule is N[C@@H]1CCCN(C2Cc3ccccc3C2)C1. The molecule has 3 rings (SSSR count). The van der Waals surface area contributed by atoms with Gasteiger partial charge in [0.05, 0.1) is 0 Å². The van der Waals surface area contributed by atoms with E-state index in [0.29, 0.717) is 12.1 Å². The Hall–Kier alpha value is -0.860. The van der Waals surface area contributed by atoms with Crippen LogP contribution in [0.4, 0.5) is 0 Å². The Morgan fingerprint density at radius 3 is 2.44 bits per heavy atom. The smallest absolute Gasteiger partial charge is 0.0177 e. The molecule has 16 heavy (non-hydrogen) atoms. The summed E-state index contributed by atoms with van der Waals surface area (Å²) in [5.41, 5.74) is 9.15. The van der Waals surface area contributed by atoms with E-state index in [1.165, 1.54) is 32.2 Å². The molecular weight excluding hydrogens is 196 g/mol. The third kappa shape index (κ3) is 1.87. The van der Waals surface area contributed by atoms with Gasteiger partial charge in [-0.25, -0.2) is 0 Å². The average Bonchev–Trinajstić information content (AvgIpc) is 2.72. The number of rotatable bonds is 1. The summed E-state index contributed by atoms with van der Waals surface area (Å²) in [6, 6.07) is 9.98. The maximum Gasteiger partial charge on any atom is 0.0177 e. The Labute approximate surface area is 97.4 Å². The molecule has 1 aliphatic carbocycles. The van der Waals surface area contributed by atoms with Crippen LogP contribution in [0.3, 0.4) is 0 Å². The number of nitrogens with two attached hydrogens (primary N) is 1. The molecule has 2 aliphatic rings. The van der Waals surface area contributed by atoms with Crippen molar-refractivity contribution < 1.29 is 0 Å². The van der Waals surface area contributed by atoms with Gasteiger partial charge in [-0.3, -0.25) is 4.90 Å². The van der Waals surface area contributed by atoms with Gasteiger partial charge in [0.1, 0.15) is 0 Å². The lowest BCUT2D eigenvalue weighted by molar-refractivity contribution is 0.153. The molecule has 1 fully saturated rings. The molecule has 0 unspecified atom stereocenters. The van der Waals surface area contributed by atoms with Crippen LogP contribution >= 0.6 is 0 Å². The number of benzene rings is 1. The van der Waals surface area contributed by atoms with Crippen molar-refractivity contribution in [2.24, 2.45) is 5.73 Å². The van der Waals surface area contributed by atoms with Gasteiger partial charge in [0.25, 0.3) is 0 Å². The van der Waals surface area contributed by atoms with Gasteiger partial charge in [-0.2, -0.15) is 0 Å². The highest BCUT2D eigenvalue weighted by molar-refractivity contribution is 5.33. The maximum absolute atomic E-state index is 6.06. The molecule has 1 heterocycles. The molecule has 2 N–H and O–H groups in total. The Morgan fingerprint density at radius 1 is 1.12 bits per heavy atom. The molecule has 1 aliphatic heterocycles. The molecule has 0 spiro atoms. The Kier molecular flexibility index (Phi) is 2.70. The van der Waals surface area contributed by atoms with Gasteiger partial charge in [-0.15, -0.1) is 0 Å². The minimum atomic E-state index is 0.400. The summed E-state index contributed by atoms with van der Waals surface area (Å²) < 4.78 is 0. The lowest BCUT2D eigenvalue weighted by atomic mass is 10.0. The van der Waals surface area contributed by atoms with Gasteiger partial charge in [-0.1, -0.05) is 24.3 Å². The molecule has 2 nitrogen and oxygen atoms in total. The van der Waals surface area contributed by atoms with Gasteiger partial charge in [0, 0.05) is 18.6 Å². The van der Waals surface area contributed by atoms with Crippen molar-refractivity contribution in [2.45, 2.75) is 37.8 Å². The van der Waals surface area contributed by atoms with Crippen LogP contribution < -0.4 is 5.73 Å². The molecule has 0 radical (unpaired) electrons. The minimum absolute atomic E-state index is 0.400. The summed E-state index contributed by atoms with van der Waals surface area (Å²) in [6.07, 6.45) is 4.93. The summed E-state index contributed by atoms with van der Waals surface area (Å²) >= 11 is 0. The first-order chi connectivity index (χ1) is 7.83. The Morgan fingerprint density at radius 2 is 1.81 bits per heavy atom. The van der Waals surface area contributed by atoms with Crippen molar-refractivity contribution in [3.05, 3.63) is 35.4 Å². The second-order valence-corrected chi connectivity index (χ2v) is 5.23. The van der Waals surface area contributed by atoms with E-state index in [9.17, 15) is 0 Å². The molecule has 0 bridgehead atoms. The number of fused-ring (bicyclic) bond motifs is 1. The van der Waals surface area contributed by atoms with E-state index in [4.69, 9.17) is 5.73 Å². The lowest BCUT2D eigenvalue weighted by Gasteiger charge is -2.35. The fraction of sp³-hybridized carbons (Fsp3) is 0.571. The van der Waals surface area contributed by atoms with Crippen LogP contribution in [-0.4, -0.2) is 30.1 Å². The summed E-state index contributed by atoms with van der Waals surface area (Å²) in [5, 5.41) is 0. The molecule has 86 valence electrons. The number of likely N-dealkylation sites (tertiary alicyclic amines) is 1. The minimum Gasteiger partial charge on any atom is -0.327 e. The number of nitrogens with zero attached hydrogens (tertiary/aromatic N) is 1. The maximum atomic E-state index is 6.06. The largest absolute Gasteiger partial charge is 0.327 e. The summed E-state index contributed by atoms with van der Waals surface area (Å²) in [4.78, 5) is 2.61. The van der Waals surface area contributed by atoms with Crippen LogP contribution in [0.2, 0.25) is 0 Å². The van der Waals surface area contributed by atoms with Crippen molar-refractivity contribution in [3.63, 3.8) is 0 Å². The van der Waals surface area contributed by atoms with Gasteiger partial charge in [0.15, 0.2) is 0 Å². The number of hydrogen-bond donors (Lipinski definition) is 1. The Bertz CT molecular complexity index is 350. The number of piperidine rings is 1. The van der Waals surface area contributed by atoms with Crippen LogP contribution in [0.1, 0.15) is 24.0 Å². The first-order valence-corrected chi connectivity index (χ1v) is 6.39. The highest BCUT2D eigenvalue weighted by atomic mass is 15.2. The predicted molar refractivity (Wildman–Crippen MR) is 66.4 cm³/mol. The highest BCUT2D eigenvalue weighted by Crippen LogP contribution is 2.26. The zero-order valence-corrected chi connectivity index (χ0v) is 9.73. The summed E-state index contributed by atoms with van der Waals surface area (Å²) in [7, 11) is 0. The Balaban J connectivity index is 1.71. The van der Waals surface area contributed by atoms with Crippen LogP contribution in [0.25, 0.3) is 0 Å². The molecule has 1 atom stereocenters. The van der Waals surface area contributed by atoms with E-state index in [0.717, 1.165) is 6.54 Å². The first-order valence-electron chi connectivity index (χ1n) is 6.39. The molecule has 1 aromatic rings. The van der Waals surface area contributed by atoms with Crippen LogP contribution in [0.5, 0.6) is 0 Å². The molecule has 0 aromatic heterocycles. The monoisotopic (exact) mass is 216 g/mol. The lowest BCUT2D eigenvalue weighted by Crippen LogP contribution is -2.48. The average molecular weight is 216 g/mol.